The molecule has 3 heteroatoms. The predicted molar refractivity (Wildman–Crippen MR) is 40.8 cm³/mol. The van der Waals surface area contributed by atoms with Crippen molar-refractivity contribution in [1.29, 1.82) is 0 Å². The summed E-state index contributed by atoms with van der Waals surface area (Å²) >= 11 is 4.10. The Balaban J connectivity index is 2.61. The van der Waals surface area contributed by atoms with Crippen LogP contribution in [0, 0.1) is 0 Å². The van der Waals surface area contributed by atoms with Crippen LogP contribution in [-0.2, 0) is 13.5 Å². The van der Waals surface area contributed by atoms with Crippen LogP contribution in [0.5, 0.6) is 0 Å². The Morgan fingerprint density at radius 2 is 2.56 bits per heavy atom. The fourth-order valence-electron chi connectivity index (χ4n) is 0.730. The van der Waals surface area contributed by atoms with E-state index in [1.54, 1.807) is 4.68 Å². The highest BCUT2D eigenvalue weighted by atomic mass is 32.1. The molecule has 9 heavy (non-hydrogen) atoms. The maximum atomic E-state index is 4.10. The lowest BCUT2D eigenvalue weighted by molar-refractivity contribution is 0.767. The molecular weight excluding hydrogens is 132 g/mol. The molecule has 0 atom stereocenters. The monoisotopic (exact) mass is 142 g/mol. The normalized spacial score (nSPS) is 10.0. The van der Waals surface area contributed by atoms with Crippen LogP contribution in [0.15, 0.2) is 12.4 Å². The summed E-state index contributed by atoms with van der Waals surface area (Å²) < 4.78 is 1.80. The molecule has 0 spiro atoms. The van der Waals surface area contributed by atoms with Crippen molar-refractivity contribution in [1.82, 2.24) is 9.78 Å². The van der Waals surface area contributed by atoms with Gasteiger partial charge in [-0.05, 0) is 17.7 Å². The van der Waals surface area contributed by atoms with Crippen LogP contribution in [0.1, 0.15) is 5.56 Å². The molecule has 1 aromatic heterocycles. The summed E-state index contributed by atoms with van der Waals surface area (Å²) in [6.07, 6.45) is 4.89. The second kappa shape index (κ2) is 2.92. The third-order valence-corrected chi connectivity index (χ3v) is 1.38. The quantitative estimate of drug-likeness (QED) is 0.607. The van der Waals surface area contributed by atoms with Crippen molar-refractivity contribution < 1.29 is 0 Å². The summed E-state index contributed by atoms with van der Waals surface area (Å²) in [6.45, 7) is 0. The van der Waals surface area contributed by atoms with Gasteiger partial charge >= 0.3 is 0 Å². The molecule has 0 unspecified atom stereocenters. The van der Waals surface area contributed by atoms with Crippen molar-refractivity contribution in [2.75, 3.05) is 5.75 Å². The Hall–Kier alpha value is -0.440. The van der Waals surface area contributed by atoms with Crippen molar-refractivity contribution in [2.24, 2.45) is 7.05 Å². The zero-order valence-electron chi connectivity index (χ0n) is 5.41. The molecule has 2 nitrogen and oxygen atoms in total. The molecule has 0 saturated carbocycles. The average molecular weight is 142 g/mol. The van der Waals surface area contributed by atoms with E-state index in [0.29, 0.717) is 0 Å². The molecule has 0 saturated heterocycles. The zero-order valence-corrected chi connectivity index (χ0v) is 6.30. The first kappa shape index (κ1) is 6.68. The largest absolute Gasteiger partial charge is 0.276 e. The number of aryl methyl sites for hydroxylation is 2. The van der Waals surface area contributed by atoms with Gasteiger partial charge in [0.2, 0.25) is 0 Å². The summed E-state index contributed by atoms with van der Waals surface area (Å²) in [5, 5.41) is 4.02. The molecule has 1 aromatic rings. The maximum absolute atomic E-state index is 4.10. The molecule has 0 aliphatic rings. The summed E-state index contributed by atoms with van der Waals surface area (Å²) in [5.41, 5.74) is 1.26. The summed E-state index contributed by atoms with van der Waals surface area (Å²) in [5.74, 6) is 0.895. The van der Waals surface area contributed by atoms with Gasteiger partial charge in [0.25, 0.3) is 0 Å². The number of nitrogens with zero attached hydrogens (tertiary/aromatic N) is 2. The lowest BCUT2D eigenvalue weighted by Gasteiger charge is -1.86. The molecule has 0 radical (unpaired) electrons. The van der Waals surface area contributed by atoms with Gasteiger partial charge in [-0.15, -0.1) is 0 Å². The smallest absolute Gasteiger partial charge is 0.0521 e. The van der Waals surface area contributed by atoms with E-state index in [9.17, 15) is 0 Å². The molecule has 1 rings (SSSR count). The number of aromatic nitrogens is 2. The number of hydrogen-bond donors (Lipinski definition) is 1. The van der Waals surface area contributed by atoms with E-state index in [0.717, 1.165) is 12.2 Å². The molecule has 0 amide bonds. The Bertz CT molecular complexity index is 183. The van der Waals surface area contributed by atoms with Gasteiger partial charge in [-0.2, -0.15) is 17.7 Å². The van der Waals surface area contributed by atoms with Crippen LogP contribution in [0.25, 0.3) is 0 Å². The lowest BCUT2D eigenvalue weighted by Crippen LogP contribution is -1.85. The predicted octanol–water partition coefficient (Wildman–Crippen LogP) is 0.892. The van der Waals surface area contributed by atoms with Gasteiger partial charge in [-0.3, -0.25) is 4.68 Å². The SMILES string of the molecule is Cn1cc(CCS)cn1. The van der Waals surface area contributed by atoms with Crippen LogP contribution in [0.2, 0.25) is 0 Å². The first-order chi connectivity index (χ1) is 4.33. The van der Waals surface area contributed by atoms with Crippen molar-refractivity contribution in [3.05, 3.63) is 18.0 Å². The van der Waals surface area contributed by atoms with E-state index in [-0.39, 0.29) is 0 Å². The van der Waals surface area contributed by atoms with E-state index in [1.807, 2.05) is 19.4 Å². The van der Waals surface area contributed by atoms with Crippen LogP contribution in [-0.4, -0.2) is 15.5 Å². The van der Waals surface area contributed by atoms with Crippen molar-refractivity contribution >= 4 is 12.6 Å². The summed E-state index contributed by atoms with van der Waals surface area (Å²) in [6, 6.07) is 0. The summed E-state index contributed by atoms with van der Waals surface area (Å²) in [7, 11) is 1.92. The standard InChI is InChI=1S/C6H10N2S/c1-8-5-6(2-3-9)4-7-8/h4-5,9H,2-3H2,1H3. The fraction of sp³-hybridized carbons (Fsp3) is 0.500. The molecule has 0 fully saturated rings. The second-order valence-corrected chi connectivity index (χ2v) is 2.44. The van der Waals surface area contributed by atoms with E-state index < -0.39 is 0 Å². The van der Waals surface area contributed by atoms with Crippen LogP contribution in [0.3, 0.4) is 0 Å². The minimum Gasteiger partial charge on any atom is -0.276 e. The highest BCUT2D eigenvalue weighted by molar-refractivity contribution is 7.80. The molecule has 0 bridgehead atoms. The Labute approximate surface area is 60.3 Å². The number of thiol groups is 1. The average Bonchev–Trinajstić information content (AvgIpc) is 2.17. The molecule has 50 valence electrons. The fourth-order valence-corrected chi connectivity index (χ4v) is 0.988. The maximum Gasteiger partial charge on any atom is 0.0521 e. The number of hydrogen-bond acceptors (Lipinski definition) is 2. The van der Waals surface area contributed by atoms with Crippen LogP contribution in [0.4, 0.5) is 0 Å². The third-order valence-electron chi connectivity index (χ3n) is 1.16. The molecule has 1 heterocycles. The summed E-state index contributed by atoms with van der Waals surface area (Å²) in [4.78, 5) is 0. The Morgan fingerprint density at radius 3 is 3.00 bits per heavy atom. The molecule has 0 N–H and O–H groups in total. The topological polar surface area (TPSA) is 17.8 Å². The highest BCUT2D eigenvalue weighted by Gasteiger charge is 1.91. The van der Waals surface area contributed by atoms with Gasteiger partial charge in [0.15, 0.2) is 0 Å². The Kier molecular flexibility index (Phi) is 2.16. The van der Waals surface area contributed by atoms with Gasteiger partial charge in [-0.25, -0.2) is 0 Å². The molecule has 0 aromatic carbocycles. The van der Waals surface area contributed by atoms with Crippen LogP contribution >= 0.6 is 12.6 Å². The lowest BCUT2D eigenvalue weighted by atomic mass is 10.3. The minimum absolute atomic E-state index is 0.895. The first-order valence-electron chi connectivity index (χ1n) is 2.91. The van der Waals surface area contributed by atoms with Gasteiger partial charge in [0.1, 0.15) is 0 Å². The van der Waals surface area contributed by atoms with E-state index in [1.165, 1.54) is 5.56 Å². The molecule has 0 aliphatic carbocycles. The van der Waals surface area contributed by atoms with Gasteiger partial charge in [0, 0.05) is 13.2 Å². The highest BCUT2D eigenvalue weighted by Crippen LogP contribution is 1.97. The molecular formula is C6H10N2S. The minimum atomic E-state index is 0.895. The van der Waals surface area contributed by atoms with E-state index in [2.05, 4.69) is 17.7 Å². The van der Waals surface area contributed by atoms with Crippen molar-refractivity contribution in [3.8, 4) is 0 Å². The van der Waals surface area contributed by atoms with Gasteiger partial charge in [-0.1, -0.05) is 0 Å². The van der Waals surface area contributed by atoms with E-state index >= 15 is 0 Å². The molecule has 0 aliphatic heterocycles. The van der Waals surface area contributed by atoms with Crippen molar-refractivity contribution in [3.63, 3.8) is 0 Å². The zero-order chi connectivity index (χ0) is 6.69. The first-order valence-corrected chi connectivity index (χ1v) is 3.54. The van der Waals surface area contributed by atoms with Gasteiger partial charge < -0.3 is 0 Å². The number of rotatable bonds is 2. The Morgan fingerprint density at radius 1 is 1.78 bits per heavy atom. The van der Waals surface area contributed by atoms with Gasteiger partial charge in [0.05, 0.1) is 6.20 Å². The van der Waals surface area contributed by atoms with Crippen LogP contribution < -0.4 is 0 Å². The van der Waals surface area contributed by atoms with Crippen molar-refractivity contribution in [2.45, 2.75) is 6.42 Å². The third kappa shape index (κ3) is 1.75. The van der Waals surface area contributed by atoms with E-state index in [4.69, 9.17) is 0 Å². The second-order valence-electron chi connectivity index (χ2n) is 2.00.